The number of carbonyl (C=O) groups excluding carboxylic acids is 1. The summed E-state index contributed by atoms with van der Waals surface area (Å²) in [5.74, 6) is 1.05. The first-order chi connectivity index (χ1) is 10.1. The Morgan fingerprint density at radius 3 is 2.71 bits per heavy atom. The SMILES string of the molecule is CC(C)c1ccc2c(c1)CN(C(=O)C1CCOCC1)CC2. The van der Waals surface area contributed by atoms with E-state index in [2.05, 4.69) is 36.9 Å². The molecule has 0 N–H and O–H groups in total. The van der Waals surface area contributed by atoms with Gasteiger partial charge in [-0.3, -0.25) is 4.79 Å². The van der Waals surface area contributed by atoms with Crippen LogP contribution in [0.15, 0.2) is 18.2 Å². The number of fused-ring (bicyclic) bond motifs is 1. The maximum atomic E-state index is 12.7. The summed E-state index contributed by atoms with van der Waals surface area (Å²) in [4.78, 5) is 14.7. The third-order valence-electron chi connectivity index (χ3n) is 4.79. The number of ether oxygens (including phenoxy) is 1. The molecular formula is C18H25NO2. The molecule has 1 amide bonds. The van der Waals surface area contributed by atoms with Gasteiger partial charge in [-0.25, -0.2) is 0 Å². The van der Waals surface area contributed by atoms with E-state index in [-0.39, 0.29) is 5.92 Å². The van der Waals surface area contributed by atoms with E-state index in [0.717, 1.165) is 45.6 Å². The van der Waals surface area contributed by atoms with Crippen molar-refractivity contribution in [1.82, 2.24) is 4.90 Å². The number of nitrogens with zero attached hydrogens (tertiary/aromatic N) is 1. The largest absolute Gasteiger partial charge is 0.381 e. The monoisotopic (exact) mass is 287 g/mol. The summed E-state index contributed by atoms with van der Waals surface area (Å²) in [6.45, 7) is 7.55. The number of hydrogen-bond donors (Lipinski definition) is 0. The normalized spacial score (nSPS) is 19.7. The minimum Gasteiger partial charge on any atom is -0.381 e. The first-order valence-electron chi connectivity index (χ1n) is 8.13. The molecule has 2 heterocycles. The lowest BCUT2D eigenvalue weighted by molar-refractivity contribution is -0.139. The molecule has 3 rings (SSSR count). The molecule has 1 fully saturated rings. The molecule has 1 saturated heterocycles. The third-order valence-corrected chi connectivity index (χ3v) is 4.79. The zero-order chi connectivity index (χ0) is 14.8. The van der Waals surface area contributed by atoms with Crippen LogP contribution in [-0.4, -0.2) is 30.6 Å². The molecule has 1 aromatic carbocycles. The lowest BCUT2D eigenvalue weighted by Gasteiger charge is -2.33. The summed E-state index contributed by atoms with van der Waals surface area (Å²) >= 11 is 0. The summed E-state index contributed by atoms with van der Waals surface area (Å²) in [5, 5.41) is 0. The van der Waals surface area contributed by atoms with Gasteiger partial charge in [-0.1, -0.05) is 32.0 Å². The van der Waals surface area contributed by atoms with Crippen molar-refractivity contribution in [1.29, 1.82) is 0 Å². The van der Waals surface area contributed by atoms with Gasteiger partial charge in [0.25, 0.3) is 0 Å². The van der Waals surface area contributed by atoms with Gasteiger partial charge in [0.1, 0.15) is 0 Å². The van der Waals surface area contributed by atoms with Crippen LogP contribution in [0.2, 0.25) is 0 Å². The van der Waals surface area contributed by atoms with E-state index in [1.54, 1.807) is 0 Å². The average Bonchev–Trinajstić information content (AvgIpc) is 2.54. The predicted octanol–water partition coefficient (Wildman–Crippen LogP) is 3.12. The van der Waals surface area contributed by atoms with Gasteiger partial charge in [0.05, 0.1) is 0 Å². The number of hydrogen-bond acceptors (Lipinski definition) is 2. The first kappa shape index (κ1) is 14.6. The highest BCUT2D eigenvalue weighted by molar-refractivity contribution is 5.79. The molecule has 1 aromatic rings. The average molecular weight is 287 g/mol. The van der Waals surface area contributed by atoms with Gasteiger partial charge in [0.2, 0.25) is 5.91 Å². The van der Waals surface area contributed by atoms with Crippen LogP contribution in [0, 0.1) is 5.92 Å². The van der Waals surface area contributed by atoms with Crippen molar-refractivity contribution in [3.05, 3.63) is 34.9 Å². The standard InChI is InChI=1S/C18H25NO2/c1-13(2)16-4-3-14-5-8-19(12-17(14)11-16)18(20)15-6-9-21-10-7-15/h3-4,11,13,15H,5-10,12H2,1-2H3. The van der Waals surface area contributed by atoms with Gasteiger partial charge < -0.3 is 9.64 Å². The van der Waals surface area contributed by atoms with Crippen molar-refractivity contribution in [3.8, 4) is 0 Å². The Morgan fingerprint density at radius 2 is 2.00 bits per heavy atom. The van der Waals surface area contributed by atoms with E-state index in [0.29, 0.717) is 11.8 Å². The molecule has 0 unspecified atom stereocenters. The first-order valence-corrected chi connectivity index (χ1v) is 8.13. The molecule has 114 valence electrons. The maximum absolute atomic E-state index is 12.7. The number of carbonyl (C=O) groups is 1. The fraction of sp³-hybridized carbons (Fsp3) is 0.611. The zero-order valence-corrected chi connectivity index (χ0v) is 13.1. The Morgan fingerprint density at radius 1 is 1.24 bits per heavy atom. The molecule has 0 atom stereocenters. The lowest BCUT2D eigenvalue weighted by atomic mass is 9.92. The van der Waals surface area contributed by atoms with Crippen molar-refractivity contribution in [2.45, 2.75) is 45.6 Å². The van der Waals surface area contributed by atoms with Crippen LogP contribution in [-0.2, 0) is 22.5 Å². The van der Waals surface area contributed by atoms with E-state index in [1.807, 2.05) is 0 Å². The Labute approximate surface area is 127 Å². The van der Waals surface area contributed by atoms with Gasteiger partial charge in [-0.2, -0.15) is 0 Å². The zero-order valence-electron chi connectivity index (χ0n) is 13.1. The Balaban J connectivity index is 1.73. The van der Waals surface area contributed by atoms with Crippen LogP contribution in [0.25, 0.3) is 0 Å². The van der Waals surface area contributed by atoms with Gasteiger partial charge in [0.15, 0.2) is 0 Å². The molecule has 2 aliphatic heterocycles. The van der Waals surface area contributed by atoms with Crippen LogP contribution < -0.4 is 0 Å². The minimum atomic E-state index is 0.175. The fourth-order valence-corrected chi connectivity index (χ4v) is 3.33. The molecule has 0 spiro atoms. The summed E-state index contributed by atoms with van der Waals surface area (Å²) < 4.78 is 5.36. The molecule has 0 bridgehead atoms. The van der Waals surface area contributed by atoms with Crippen LogP contribution in [0.4, 0.5) is 0 Å². The van der Waals surface area contributed by atoms with Crippen LogP contribution >= 0.6 is 0 Å². The highest BCUT2D eigenvalue weighted by Gasteiger charge is 2.28. The van der Waals surface area contributed by atoms with Gasteiger partial charge in [-0.15, -0.1) is 0 Å². The Hall–Kier alpha value is -1.35. The van der Waals surface area contributed by atoms with Crippen LogP contribution in [0.5, 0.6) is 0 Å². The predicted molar refractivity (Wildman–Crippen MR) is 83.2 cm³/mol. The smallest absolute Gasteiger partial charge is 0.226 e. The Kier molecular flexibility index (Phi) is 4.29. The fourth-order valence-electron chi connectivity index (χ4n) is 3.33. The van der Waals surface area contributed by atoms with Crippen molar-refractivity contribution < 1.29 is 9.53 Å². The molecule has 3 heteroatoms. The minimum absolute atomic E-state index is 0.175. The van der Waals surface area contributed by atoms with Crippen molar-refractivity contribution >= 4 is 5.91 Å². The molecule has 21 heavy (non-hydrogen) atoms. The highest BCUT2D eigenvalue weighted by atomic mass is 16.5. The second-order valence-corrected chi connectivity index (χ2v) is 6.58. The number of rotatable bonds is 2. The van der Waals surface area contributed by atoms with E-state index in [1.165, 1.54) is 16.7 Å². The van der Waals surface area contributed by atoms with E-state index in [9.17, 15) is 4.79 Å². The molecule has 2 aliphatic rings. The van der Waals surface area contributed by atoms with Crippen molar-refractivity contribution in [2.75, 3.05) is 19.8 Å². The molecular weight excluding hydrogens is 262 g/mol. The molecule has 0 aliphatic carbocycles. The number of benzene rings is 1. The highest BCUT2D eigenvalue weighted by Crippen LogP contribution is 2.26. The summed E-state index contributed by atoms with van der Waals surface area (Å²) in [5.41, 5.74) is 4.12. The van der Waals surface area contributed by atoms with Gasteiger partial charge >= 0.3 is 0 Å². The van der Waals surface area contributed by atoms with Gasteiger partial charge in [-0.05, 0) is 41.9 Å². The molecule has 0 aromatic heterocycles. The number of amides is 1. The van der Waals surface area contributed by atoms with E-state index in [4.69, 9.17) is 4.74 Å². The second kappa shape index (κ2) is 6.18. The topological polar surface area (TPSA) is 29.5 Å². The molecule has 0 radical (unpaired) electrons. The van der Waals surface area contributed by atoms with Gasteiger partial charge in [0, 0.05) is 32.2 Å². The van der Waals surface area contributed by atoms with Crippen molar-refractivity contribution in [3.63, 3.8) is 0 Å². The van der Waals surface area contributed by atoms with Crippen LogP contribution in [0.1, 0.15) is 49.3 Å². The molecule has 0 saturated carbocycles. The maximum Gasteiger partial charge on any atom is 0.226 e. The summed E-state index contributed by atoms with van der Waals surface area (Å²) in [7, 11) is 0. The summed E-state index contributed by atoms with van der Waals surface area (Å²) in [6.07, 6.45) is 2.76. The van der Waals surface area contributed by atoms with Crippen molar-refractivity contribution in [2.24, 2.45) is 5.92 Å². The molecule has 3 nitrogen and oxygen atoms in total. The second-order valence-electron chi connectivity index (χ2n) is 6.58. The van der Waals surface area contributed by atoms with E-state index >= 15 is 0 Å². The summed E-state index contributed by atoms with van der Waals surface area (Å²) in [6, 6.07) is 6.78. The van der Waals surface area contributed by atoms with E-state index < -0.39 is 0 Å². The lowest BCUT2D eigenvalue weighted by Crippen LogP contribution is -2.41. The van der Waals surface area contributed by atoms with Crippen LogP contribution in [0.3, 0.4) is 0 Å². The third kappa shape index (κ3) is 3.13. The quantitative estimate of drug-likeness (QED) is 0.836. The Bertz CT molecular complexity index is 518.